The van der Waals surface area contributed by atoms with Gasteiger partial charge in [-0.1, -0.05) is 30.3 Å². The second-order valence-corrected chi connectivity index (χ2v) is 6.41. The van der Waals surface area contributed by atoms with Crippen LogP contribution in [-0.2, 0) is 16.1 Å². The zero-order chi connectivity index (χ0) is 19.2. The molecule has 0 unspecified atom stereocenters. The van der Waals surface area contributed by atoms with Gasteiger partial charge in [-0.2, -0.15) is 0 Å². The topological polar surface area (TPSA) is 67.9 Å². The Morgan fingerprint density at radius 1 is 1.15 bits per heavy atom. The lowest BCUT2D eigenvalue weighted by Crippen LogP contribution is -2.39. The largest absolute Gasteiger partial charge is 0.497 e. The van der Waals surface area contributed by atoms with E-state index in [9.17, 15) is 9.59 Å². The predicted molar refractivity (Wildman–Crippen MR) is 102 cm³/mol. The summed E-state index contributed by atoms with van der Waals surface area (Å²) in [5, 5.41) is 2.92. The molecule has 0 bridgehead atoms. The van der Waals surface area contributed by atoms with E-state index in [0.29, 0.717) is 25.3 Å². The van der Waals surface area contributed by atoms with Crippen LogP contribution < -0.4 is 10.1 Å². The van der Waals surface area contributed by atoms with Crippen LogP contribution in [-0.4, -0.2) is 44.1 Å². The zero-order valence-corrected chi connectivity index (χ0v) is 15.6. The number of hydrogen-bond acceptors (Lipinski definition) is 4. The molecule has 0 aromatic heterocycles. The molecule has 0 saturated heterocycles. The standard InChI is InChI=1S/C21H24N2O4/c1-26-12-6-11-22-20(24)19-17-9-3-4-10-18(17)21(25)23(19)14-15-7-5-8-16(13-15)27-2/h3-5,7-10,13,19H,6,11-12,14H2,1-2H3,(H,22,24)/t19-/m0/s1. The molecule has 0 saturated carbocycles. The molecule has 6 heteroatoms. The van der Waals surface area contributed by atoms with Crippen LogP contribution >= 0.6 is 0 Å². The van der Waals surface area contributed by atoms with Crippen LogP contribution in [0.3, 0.4) is 0 Å². The number of nitrogens with zero attached hydrogens (tertiary/aromatic N) is 1. The van der Waals surface area contributed by atoms with E-state index in [1.807, 2.05) is 42.5 Å². The van der Waals surface area contributed by atoms with Gasteiger partial charge in [-0.3, -0.25) is 9.59 Å². The van der Waals surface area contributed by atoms with Crippen LogP contribution in [0.15, 0.2) is 48.5 Å². The second kappa shape index (κ2) is 8.68. The Kier molecular flexibility index (Phi) is 6.08. The molecule has 6 nitrogen and oxygen atoms in total. The van der Waals surface area contributed by atoms with Gasteiger partial charge in [-0.05, 0) is 35.7 Å². The number of ether oxygens (including phenoxy) is 2. The first kappa shape index (κ1) is 18.9. The normalized spacial score (nSPS) is 15.6. The monoisotopic (exact) mass is 368 g/mol. The number of carbonyl (C=O) groups is 2. The lowest BCUT2D eigenvalue weighted by Gasteiger charge is -2.25. The van der Waals surface area contributed by atoms with Gasteiger partial charge in [0.1, 0.15) is 11.8 Å². The van der Waals surface area contributed by atoms with Crippen molar-refractivity contribution >= 4 is 11.8 Å². The van der Waals surface area contributed by atoms with Gasteiger partial charge in [0.25, 0.3) is 5.91 Å². The maximum Gasteiger partial charge on any atom is 0.255 e. The molecule has 3 rings (SSSR count). The van der Waals surface area contributed by atoms with Crippen LogP contribution in [0.25, 0.3) is 0 Å². The number of benzene rings is 2. The third-order valence-corrected chi connectivity index (χ3v) is 4.62. The first-order valence-electron chi connectivity index (χ1n) is 8.95. The van der Waals surface area contributed by atoms with Gasteiger partial charge in [0.05, 0.1) is 7.11 Å². The number of carbonyl (C=O) groups excluding carboxylic acids is 2. The third kappa shape index (κ3) is 4.11. The van der Waals surface area contributed by atoms with E-state index < -0.39 is 6.04 Å². The van der Waals surface area contributed by atoms with Gasteiger partial charge < -0.3 is 19.7 Å². The van der Waals surface area contributed by atoms with E-state index in [-0.39, 0.29) is 11.8 Å². The van der Waals surface area contributed by atoms with Gasteiger partial charge in [0, 0.05) is 32.4 Å². The summed E-state index contributed by atoms with van der Waals surface area (Å²) in [6.07, 6.45) is 0.723. The Hall–Kier alpha value is -2.86. The Balaban J connectivity index is 1.83. The smallest absolute Gasteiger partial charge is 0.255 e. The zero-order valence-electron chi connectivity index (χ0n) is 15.6. The quantitative estimate of drug-likeness (QED) is 0.727. The summed E-state index contributed by atoms with van der Waals surface area (Å²) in [5.74, 6) is 0.412. The average Bonchev–Trinajstić information content (AvgIpc) is 2.97. The maximum absolute atomic E-state index is 12.9. The molecule has 1 heterocycles. The van der Waals surface area contributed by atoms with Crippen LogP contribution in [0, 0.1) is 0 Å². The highest BCUT2D eigenvalue weighted by molar-refractivity contribution is 6.04. The number of methoxy groups -OCH3 is 2. The van der Waals surface area contributed by atoms with E-state index in [2.05, 4.69) is 5.32 Å². The molecule has 0 fully saturated rings. The molecular formula is C21H24N2O4. The first-order valence-corrected chi connectivity index (χ1v) is 8.95. The molecule has 142 valence electrons. The van der Waals surface area contributed by atoms with Gasteiger partial charge in [0.2, 0.25) is 5.91 Å². The summed E-state index contributed by atoms with van der Waals surface area (Å²) in [4.78, 5) is 27.4. The van der Waals surface area contributed by atoms with Crippen molar-refractivity contribution in [1.29, 1.82) is 0 Å². The first-order chi connectivity index (χ1) is 13.2. The summed E-state index contributed by atoms with van der Waals surface area (Å²) in [6, 6.07) is 14.2. The molecule has 1 aliphatic rings. The third-order valence-electron chi connectivity index (χ3n) is 4.62. The Bertz CT molecular complexity index is 821. The SMILES string of the molecule is COCCCNC(=O)[C@@H]1c2ccccc2C(=O)N1Cc1cccc(OC)c1. The summed E-state index contributed by atoms with van der Waals surface area (Å²) >= 11 is 0. The molecule has 27 heavy (non-hydrogen) atoms. The highest BCUT2D eigenvalue weighted by Crippen LogP contribution is 2.35. The number of amides is 2. The van der Waals surface area contributed by atoms with Crippen molar-refractivity contribution in [2.45, 2.75) is 19.0 Å². The molecule has 0 aliphatic carbocycles. The molecule has 2 aromatic carbocycles. The van der Waals surface area contributed by atoms with Crippen molar-refractivity contribution in [3.8, 4) is 5.75 Å². The summed E-state index contributed by atoms with van der Waals surface area (Å²) in [6.45, 7) is 1.42. The minimum atomic E-state index is -0.637. The fourth-order valence-corrected chi connectivity index (χ4v) is 3.31. The van der Waals surface area contributed by atoms with Crippen molar-refractivity contribution in [3.63, 3.8) is 0 Å². The van der Waals surface area contributed by atoms with E-state index in [4.69, 9.17) is 9.47 Å². The predicted octanol–water partition coefficient (Wildman–Crippen LogP) is 2.55. The number of rotatable bonds is 8. The minimum Gasteiger partial charge on any atom is -0.497 e. The maximum atomic E-state index is 12.9. The van der Waals surface area contributed by atoms with Crippen LogP contribution in [0.2, 0.25) is 0 Å². The van der Waals surface area contributed by atoms with E-state index in [1.165, 1.54) is 0 Å². The van der Waals surface area contributed by atoms with Crippen molar-refractivity contribution in [2.24, 2.45) is 0 Å². The van der Waals surface area contributed by atoms with Crippen LogP contribution in [0.5, 0.6) is 5.75 Å². The number of hydrogen-bond donors (Lipinski definition) is 1. The molecule has 2 aromatic rings. The van der Waals surface area contributed by atoms with E-state index in [1.54, 1.807) is 25.2 Å². The lowest BCUT2D eigenvalue weighted by atomic mass is 10.0. The fraction of sp³-hybridized carbons (Fsp3) is 0.333. The highest BCUT2D eigenvalue weighted by Gasteiger charge is 2.40. The Morgan fingerprint density at radius 3 is 2.74 bits per heavy atom. The van der Waals surface area contributed by atoms with E-state index >= 15 is 0 Å². The number of fused-ring (bicyclic) bond motifs is 1. The van der Waals surface area contributed by atoms with Gasteiger partial charge in [-0.15, -0.1) is 0 Å². The van der Waals surface area contributed by atoms with Gasteiger partial charge >= 0.3 is 0 Å². The minimum absolute atomic E-state index is 0.134. The molecular weight excluding hydrogens is 344 g/mol. The van der Waals surface area contributed by atoms with Gasteiger partial charge in [0.15, 0.2) is 0 Å². The summed E-state index contributed by atoms with van der Waals surface area (Å²) in [7, 11) is 3.23. The van der Waals surface area contributed by atoms with E-state index in [0.717, 1.165) is 23.3 Å². The molecule has 1 atom stereocenters. The second-order valence-electron chi connectivity index (χ2n) is 6.41. The van der Waals surface area contributed by atoms with Crippen LogP contribution in [0.4, 0.5) is 0 Å². The van der Waals surface area contributed by atoms with Gasteiger partial charge in [-0.25, -0.2) is 0 Å². The fourth-order valence-electron chi connectivity index (χ4n) is 3.31. The lowest BCUT2D eigenvalue weighted by molar-refractivity contribution is -0.125. The van der Waals surface area contributed by atoms with Crippen molar-refractivity contribution < 1.29 is 19.1 Å². The molecule has 0 radical (unpaired) electrons. The average molecular weight is 368 g/mol. The summed E-state index contributed by atoms with van der Waals surface area (Å²) in [5.41, 5.74) is 2.24. The number of nitrogens with one attached hydrogen (secondary N) is 1. The molecule has 0 spiro atoms. The van der Waals surface area contributed by atoms with Crippen molar-refractivity contribution in [3.05, 3.63) is 65.2 Å². The Labute approximate surface area is 159 Å². The Morgan fingerprint density at radius 2 is 1.96 bits per heavy atom. The molecule has 1 N–H and O–H groups in total. The van der Waals surface area contributed by atoms with Crippen LogP contribution in [0.1, 0.15) is 33.9 Å². The molecule has 2 amide bonds. The summed E-state index contributed by atoms with van der Waals surface area (Å²) < 4.78 is 10.3. The van der Waals surface area contributed by atoms with Crippen molar-refractivity contribution in [2.75, 3.05) is 27.4 Å². The van der Waals surface area contributed by atoms with Crippen molar-refractivity contribution in [1.82, 2.24) is 10.2 Å². The highest BCUT2D eigenvalue weighted by atomic mass is 16.5. The molecule has 1 aliphatic heterocycles.